The molecule has 0 aliphatic carbocycles. The molecule has 2 aromatic carbocycles. The van der Waals surface area contributed by atoms with E-state index in [2.05, 4.69) is 24.3 Å². The fourth-order valence-electron chi connectivity index (χ4n) is 3.86. The Hall–Kier alpha value is -1.87. The van der Waals surface area contributed by atoms with Crippen LogP contribution in [0.4, 0.5) is 0 Å². The first-order valence-corrected chi connectivity index (χ1v) is 6.67. The van der Waals surface area contributed by atoms with Gasteiger partial charge in [-0.2, -0.15) is 0 Å². The molecular formula is C16H12O3. The molecule has 3 aliphatic rings. The molecule has 3 heteroatoms. The van der Waals surface area contributed by atoms with Crippen molar-refractivity contribution >= 4 is 16.7 Å². The van der Waals surface area contributed by atoms with E-state index in [1.807, 2.05) is 12.1 Å². The van der Waals surface area contributed by atoms with E-state index in [-0.39, 0.29) is 30.0 Å². The zero-order valence-corrected chi connectivity index (χ0v) is 10.2. The van der Waals surface area contributed by atoms with E-state index in [1.165, 1.54) is 21.9 Å². The lowest BCUT2D eigenvalue weighted by Crippen LogP contribution is -2.22. The first-order valence-electron chi connectivity index (χ1n) is 6.67. The first-order chi connectivity index (χ1) is 9.33. The summed E-state index contributed by atoms with van der Waals surface area (Å²) in [5, 5.41) is 2.44. The minimum Gasteiger partial charge on any atom is -0.465 e. The molecular weight excluding hydrogens is 240 g/mol. The monoisotopic (exact) mass is 252 g/mol. The lowest BCUT2D eigenvalue weighted by atomic mass is 9.77. The van der Waals surface area contributed by atoms with Crippen LogP contribution < -0.4 is 0 Å². The van der Waals surface area contributed by atoms with Gasteiger partial charge in [-0.05, 0) is 34.0 Å². The Morgan fingerprint density at radius 3 is 2.42 bits per heavy atom. The van der Waals surface area contributed by atoms with E-state index in [4.69, 9.17) is 9.47 Å². The Morgan fingerprint density at radius 1 is 1.00 bits per heavy atom. The van der Waals surface area contributed by atoms with E-state index in [0.717, 1.165) is 0 Å². The van der Waals surface area contributed by atoms with E-state index in [9.17, 15) is 4.79 Å². The lowest BCUT2D eigenvalue weighted by Gasteiger charge is -2.20. The van der Waals surface area contributed by atoms with Gasteiger partial charge in [-0.25, -0.2) is 0 Å². The Kier molecular flexibility index (Phi) is 1.67. The maximum Gasteiger partial charge on any atom is 0.312 e. The maximum absolute atomic E-state index is 11.8. The van der Waals surface area contributed by atoms with Gasteiger partial charge in [0.2, 0.25) is 0 Å². The van der Waals surface area contributed by atoms with Crippen molar-refractivity contribution in [3.8, 4) is 0 Å². The number of esters is 1. The number of hydrogen-bond acceptors (Lipinski definition) is 3. The Labute approximate surface area is 110 Å². The fourth-order valence-corrected chi connectivity index (χ4v) is 3.86. The van der Waals surface area contributed by atoms with Gasteiger partial charge in [0, 0.05) is 5.92 Å². The largest absolute Gasteiger partial charge is 0.465 e. The second-order valence-electron chi connectivity index (χ2n) is 5.63. The third-order valence-electron chi connectivity index (χ3n) is 4.72. The van der Waals surface area contributed by atoms with Gasteiger partial charge in [0.15, 0.2) is 0 Å². The van der Waals surface area contributed by atoms with Crippen molar-refractivity contribution in [2.45, 2.75) is 12.2 Å². The van der Waals surface area contributed by atoms with Crippen LogP contribution in [0.3, 0.4) is 0 Å². The van der Waals surface area contributed by atoms with Crippen molar-refractivity contribution in [2.75, 3.05) is 6.61 Å². The third-order valence-corrected chi connectivity index (χ3v) is 4.72. The zero-order valence-electron chi connectivity index (χ0n) is 10.2. The average Bonchev–Trinajstić information content (AvgIpc) is 3.08. The summed E-state index contributed by atoms with van der Waals surface area (Å²) in [6.45, 7) is 0.511. The van der Waals surface area contributed by atoms with Crippen LogP contribution in [0.1, 0.15) is 23.3 Å². The van der Waals surface area contributed by atoms with Crippen LogP contribution in [0.15, 0.2) is 36.4 Å². The van der Waals surface area contributed by atoms with Crippen LogP contribution in [0.25, 0.3) is 10.8 Å². The minimum absolute atomic E-state index is 0.0426. The van der Waals surface area contributed by atoms with E-state index < -0.39 is 0 Å². The summed E-state index contributed by atoms with van der Waals surface area (Å²) >= 11 is 0. The highest BCUT2D eigenvalue weighted by Crippen LogP contribution is 2.59. The van der Waals surface area contributed by atoms with Gasteiger partial charge in [0.05, 0.1) is 24.7 Å². The molecule has 0 N–H and O–H groups in total. The standard InChI is InChI=1S/C16H12O3/c17-16-13-12(7-18-16)14-10-5-8-3-1-2-4-9(8)6-11(10)15(13)19-14/h1-6,12-15H,7H2/t12-,13+,14-,15-/m1/s1. The van der Waals surface area contributed by atoms with Crippen LogP contribution in [0.5, 0.6) is 0 Å². The third kappa shape index (κ3) is 1.10. The molecule has 2 fully saturated rings. The SMILES string of the molecule is O=C1OC[C@@H]2[C@H]1[C@@H]1O[C@@H]2c2cc3ccccc3cc21. The molecule has 3 aliphatic heterocycles. The predicted molar refractivity (Wildman–Crippen MR) is 68.5 cm³/mol. The molecule has 3 heterocycles. The Bertz CT molecular complexity index is 721. The van der Waals surface area contributed by atoms with E-state index >= 15 is 0 Å². The number of carbonyl (C=O) groups excluding carboxylic acids is 1. The van der Waals surface area contributed by atoms with Crippen LogP contribution in [-0.2, 0) is 14.3 Å². The molecule has 2 aromatic rings. The second kappa shape index (κ2) is 3.17. The topological polar surface area (TPSA) is 35.5 Å². The van der Waals surface area contributed by atoms with Crippen LogP contribution >= 0.6 is 0 Å². The highest BCUT2D eigenvalue weighted by atomic mass is 16.6. The molecule has 0 saturated carbocycles. The molecule has 5 rings (SSSR count). The summed E-state index contributed by atoms with van der Waals surface area (Å²) in [5.74, 6) is 0.0427. The minimum atomic E-state index is -0.0930. The normalized spacial score (nSPS) is 34.4. The first kappa shape index (κ1) is 9.98. The van der Waals surface area contributed by atoms with Crippen LogP contribution in [0, 0.1) is 11.8 Å². The Balaban J connectivity index is 1.76. The number of hydrogen-bond donors (Lipinski definition) is 0. The number of rotatable bonds is 0. The molecule has 2 bridgehead atoms. The van der Waals surface area contributed by atoms with Crippen molar-refractivity contribution in [2.24, 2.45) is 11.8 Å². The Morgan fingerprint density at radius 2 is 1.68 bits per heavy atom. The highest BCUT2D eigenvalue weighted by Gasteiger charge is 2.59. The maximum atomic E-state index is 11.8. The summed E-state index contributed by atoms with van der Waals surface area (Å²) in [6.07, 6.45) is -0.0503. The van der Waals surface area contributed by atoms with Gasteiger partial charge in [-0.3, -0.25) is 4.79 Å². The molecule has 0 amide bonds. The molecule has 94 valence electrons. The van der Waals surface area contributed by atoms with Gasteiger partial charge >= 0.3 is 5.97 Å². The number of benzene rings is 2. The molecule has 2 saturated heterocycles. The van der Waals surface area contributed by atoms with Gasteiger partial charge in [0.25, 0.3) is 0 Å². The molecule has 0 aromatic heterocycles. The highest BCUT2D eigenvalue weighted by molar-refractivity contribution is 5.86. The van der Waals surface area contributed by atoms with Crippen molar-refractivity contribution in [3.05, 3.63) is 47.5 Å². The smallest absolute Gasteiger partial charge is 0.312 e. The number of fused-ring (bicyclic) bond motifs is 9. The zero-order chi connectivity index (χ0) is 12.6. The van der Waals surface area contributed by atoms with Crippen molar-refractivity contribution in [1.29, 1.82) is 0 Å². The number of carbonyl (C=O) groups is 1. The molecule has 0 unspecified atom stereocenters. The predicted octanol–water partition coefficient (Wildman–Crippen LogP) is 2.76. The number of cyclic esters (lactones) is 1. The molecule has 0 radical (unpaired) electrons. The second-order valence-corrected chi connectivity index (χ2v) is 5.63. The van der Waals surface area contributed by atoms with E-state index in [1.54, 1.807) is 0 Å². The quantitative estimate of drug-likeness (QED) is 0.676. The summed E-state index contributed by atoms with van der Waals surface area (Å²) in [6, 6.07) is 12.7. The van der Waals surface area contributed by atoms with Gasteiger partial charge in [-0.1, -0.05) is 24.3 Å². The summed E-state index contributed by atoms with van der Waals surface area (Å²) in [7, 11) is 0. The van der Waals surface area contributed by atoms with Gasteiger partial charge in [-0.15, -0.1) is 0 Å². The number of ether oxygens (including phenoxy) is 2. The lowest BCUT2D eigenvalue weighted by molar-refractivity contribution is -0.144. The van der Waals surface area contributed by atoms with Crippen molar-refractivity contribution < 1.29 is 14.3 Å². The molecule has 0 spiro atoms. The molecule has 4 atom stereocenters. The van der Waals surface area contributed by atoms with Crippen molar-refractivity contribution in [1.82, 2.24) is 0 Å². The molecule has 3 nitrogen and oxygen atoms in total. The van der Waals surface area contributed by atoms with Gasteiger partial charge < -0.3 is 9.47 Å². The summed E-state index contributed by atoms with van der Waals surface area (Å²) in [5.41, 5.74) is 2.44. The molecule has 19 heavy (non-hydrogen) atoms. The summed E-state index contributed by atoms with van der Waals surface area (Å²) in [4.78, 5) is 11.8. The average molecular weight is 252 g/mol. The van der Waals surface area contributed by atoms with E-state index in [0.29, 0.717) is 6.61 Å². The van der Waals surface area contributed by atoms with Gasteiger partial charge in [0.1, 0.15) is 0 Å². The summed E-state index contributed by atoms with van der Waals surface area (Å²) < 4.78 is 11.3. The van der Waals surface area contributed by atoms with Crippen LogP contribution in [0.2, 0.25) is 0 Å². The fraction of sp³-hybridized carbons (Fsp3) is 0.312. The van der Waals surface area contributed by atoms with Crippen LogP contribution in [-0.4, -0.2) is 12.6 Å². The van der Waals surface area contributed by atoms with Crippen molar-refractivity contribution in [3.63, 3.8) is 0 Å².